The van der Waals surface area contributed by atoms with Gasteiger partial charge in [-0.15, -0.1) is 0 Å². The number of hydrogen-bond acceptors (Lipinski definition) is 4. The zero-order chi connectivity index (χ0) is 9.10. The van der Waals surface area contributed by atoms with E-state index in [9.17, 15) is 0 Å². The quantitative estimate of drug-likeness (QED) is 0.689. The van der Waals surface area contributed by atoms with Crippen LogP contribution in [-0.4, -0.2) is 34.7 Å². The Balaban J connectivity index is 1.92. The maximum Gasteiger partial charge on any atom is 0.213 e. The van der Waals surface area contributed by atoms with Crippen LogP contribution in [0.1, 0.15) is 31.5 Å². The zero-order valence-corrected chi connectivity index (χ0v) is 7.94. The molecule has 0 saturated carbocycles. The molecule has 0 amide bonds. The van der Waals surface area contributed by atoms with Crippen LogP contribution in [0.15, 0.2) is 10.9 Å². The average Bonchev–Trinajstić information content (AvgIpc) is 2.71. The van der Waals surface area contributed by atoms with E-state index in [-0.39, 0.29) is 0 Å². The Labute approximate surface area is 77.9 Å². The summed E-state index contributed by atoms with van der Waals surface area (Å²) in [5.41, 5.74) is 0. The second-order valence-corrected chi connectivity index (χ2v) is 3.50. The van der Waals surface area contributed by atoms with Crippen molar-refractivity contribution in [3.05, 3.63) is 12.2 Å². The molecule has 0 unspecified atom stereocenters. The number of likely N-dealkylation sites (tertiary alicyclic amines) is 1. The Kier molecular flexibility index (Phi) is 2.59. The highest BCUT2D eigenvalue weighted by molar-refractivity contribution is 4.94. The second-order valence-electron chi connectivity index (χ2n) is 3.50. The Morgan fingerprint density at radius 3 is 2.85 bits per heavy atom. The zero-order valence-electron chi connectivity index (χ0n) is 7.94. The van der Waals surface area contributed by atoms with Gasteiger partial charge in [-0.3, -0.25) is 0 Å². The van der Waals surface area contributed by atoms with Gasteiger partial charge < -0.3 is 9.42 Å². The molecular weight excluding hydrogens is 166 g/mol. The van der Waals surface area contributed by atoms with Crippen molar-refractivity contribution in [3.63, 3.8) is 0 Å². The van der Waals surface area contributed by atoms with Gasteiger partial charge in [-0.25, -0.2) is 0 Å². The molecule has 1 aromatic rings. The Morgan fingerprint density at radius 2 is 2.31 bits per heavy atom. The Morgan fingerprint density at radius 1 is 1.54 bits per heavy atom. The van der Waals surface area contributed by atoms with Crippen molar-refractivity contribution in [3.8, 4) is 0 Å². The van der Waals surface area contributed by atoms with Gasteiger partial charge in [0, 0.05) is 5.92 Å². The van der Waals surface area contributed by atoms with Crippen molar-refractivity contribution in [2.45, 2.75) is 25.7 Å². The third-order valence-corrected chi connectivity index (χ3v) is 2.78. The van der Waals surface area contributed by atoms with E-state index >= 15 is 0 Å². The molecule has 4 heteroatoms. The SMILES string of the molecule is CCN1CCC(c2ncon2)CC1. The van der Waals surface area contributed by atoms with Crippen molar-refractivity contribution in [2.24, 2.45) is 0 Å². The van der Waals surface area contributed by atoms with Crippen LogP contribution in [0.25, 0.3) is 0 Å². The second kappa shape index (κ2) is 3.87. The lowest BCUT2D eigenvalue weighted by molar-refractivity contribution is 0.217. The molecule has 1 fully saturated rings. The van der Waals surface area contributed by atoms with Gasteiger partial charge >= 0.3 is 0 Å². The molecule has 0 spiro atoms. The van der Waals surface area contributed by atoms with E-state index in [0.717, 1.165) is 38.3 Å². The minimum atomic E-state index is 0.515. The first-order chi connectivity index (χ1) is 6.40. The van der Waals surface area contributed by atoms with Gasteiger partial charge in [0.1, 0.15) is 0 Å². The summed E-state index contributed by atoms with van der Waals surface area (Å²) in [5, 5.41) is 3.89. The number of piperidine rings is 1. The number of rotatable bonds is 2. The molecule has 72 valence electrons. The van der Waals surface area contributed by atoms with E-state index in [1.165, 1.54) is 6.39 Å². The van der Waals surface area contributed by atoms with E-state index in [0.29, 0.717) is 5.92 Å². The van der Waals surface area contributed by atoms with Crippen LogP contribution in [0.2, 0.25) is 0 Å². The first-order valence-electron chi connectivity index (χ1n) is 4.88. The number of aromatic nitrogens is 2. The highest BCUT2D eigenvalue weighted by Crippen LogP contribution is 2.24. The van der Waals surface area contributed by atoms with Gasteiger partial charge in [0.25, 0.3) is 0 Å². The first-order valence-corrected chi connectivity index (χ1v) is 4.88. The topological polar surface area (TPSA) is 42.2 Å². The van der Waals surface area contributed by atoms with Crippen molar-refractivity contribution in [2.75, 3.05) is 19.6 Å². The molecule has 0 aromatic carbocycles. The molecule has 0 N–H and O–H groups in total. The summed E-state index contributed by atoms with van der Waals surface area (Å²) >= 11 is 0. The maximum atomic E-state index is 4.75. The minimum Gasteiger partial charge on any atom is -0.343 e. The maximum absolute atomic E-state index is 4.75. The minimum absolute atomic E-state index is 0.515. The Hall–Kier alpha value is -0.900. The van der Waals surface area contributed by atoms with Gasteiger partial charge in [-0.2, -0.15) is 4.98 Å². The molecule has 1 aliphatic rings. The van der Waals surface area contributed by atoms with E-state index in [1.54, 1.807) is 0 Å². The fourth-order valence-electron chi connectivity index (χ4n) is 1.87. The van der Waals surface area contributed by atoms with E-state index in [1.807, 2.05) is 0 Å². The molecule has 4 nitrogen and oxygen atoms in total. The highest BCUT2D eigenvalue weighted by atomic mass is 16.5. The lowest BCUT2D eigenvalue weighted by Crippen LogP contribution is -2.32. The van der Waals surface area contributed by atoms with Crippen LogP contribution in [0.3, 0.4) is 0 Å². The Bertz CT molecular complexity index is 239. The highest BCUT2D eigenvalue weighted by Gasteiger charge is 2.22. The molecule has 13 heavy (non-hydrogen) atoms. The van der Waals surface area contributed by atoms with Gasteiger partial charge in [-0.1, -0.05) is 12.1 Å². The van der Waals surface area contributed by atoms with Crippen molar-refractivity contribution in [1.82, 2.24) is 15.0 Å². The van der Waals surface area contributed by atoms with Crippen LogP contribution in [-0.2, 0) is 0 Å². The molecule has 2 rings (SSSR count). The summed E-state index contributed by atoms with van der Waals surface area (Å²) in [4.78, 5) is 6.55. The molecule has 0 atom stereocenters. The monoisotopic (exact) mass is 181 g/mol. The normalized spacial score (nSPS) is 20.7. The molecule has 1 saturated heterocycles. The molecule has 0 bridgehead atoms. The summed E-state index contributed by atoms with van der Waals surface area (Å²) in [7, 11) is 0. The summed E-state index contributed by atoms with van der Waals surface area (Å²) in [6.45, 7) is 5.68. The van der Waals surface area contributed by atoms with E-state index in [2.05, 4.69) is 22.0 Å². The van der Waals surface area contributed by atoms with E-state index in [4.69, 9.17) is 4.52 Å². The van der Waals surface area contributed by atoms with Crippen LogP contribution >= 0.6 is 0 Å². The van der Waals surface area contributed by atoms with Crippen molar-refractivity contribution >= 4 is 0 Å². The first kappa shape index (κ1) is 8.69. The molecular formula is C9H15N3O. The predicted molar refractivity (Wildman–Crippen MR) is 48.4 cm³/mol. The van der Waals surface area contributed by atoms with Crippen LogP contribution < -0.4 is 0 Å². The summed E-state index contributed by atoms with van der Waals surface area (Å²) in [6, 6.07) is 0. The average molecular weight is 181 g/mol. The predicted octanol–water partition coefficient (Wildman–Crippen LogP) is 1.27. The smallest absolute Gasteiger partial charge is 0.213 e. The third kappa shape index (κ3) is 1.88. The van der Waals surface area contributed by atoms with Gasteiger partial charge in [0.05, 0.1) is 0 Å². The van der Waals surface area contributed by atoms with Crippen molar-refractivity contribution < 1.29 is 4.52 Å². The molecule has 0 aliphatic carbocycles. The largest absolute Gasteiger partial charge is 0.343 e. The fraction of sp³-hybridized carbons (Fsp3) is 0.778. The van der Waals surface area contributed by atoms with E-state index < -0.39 is 0 Å². The lowest BCUT2D eigenvalue weighted by atomic mass is 9.96. The van der Waals surface area contributed by atoms with Gasteiger partial charge in [0.15, 0.2) is 5.82 Å². The summed E-state index contributed by atoms with van der Waals surface area (Å²) in [5.74, 6) is 1.40. The van der Waals surface area contributed by atoms with Gasteiger partial charge in [0.2, 0.25) is 6.39 Å². The van der Waals surface area contributed by atoms with Crippen molar-refractivity contribution in [1.29, 1.82) is 0 Å². The fourth-order valence-corrected chi connectivity index (χ4v) is 1.87. The standard InChI is InChI=1S/C9H15N3O/c1-2-12-5-3-8(4-6-12)9-10-7-13-11-9/h7-8H,2-6H2,1H3. The number of nitrogens with zero attached hydrogens (tertiary/aromatic N) is 3. The van der Waals surface area contributed by atoms with Crippen LogP contribution in [0.5, 0.6) is 0 Å². The van der Waals surface area contributed by atoms with Crippen LogP contribution in [0.4, 0.5) is 0 Å². The molecule has 0 radical (unpaired) electrons. The summed E-state index contributed by atoms with van der Waals surface area (Å²) in [6.07, 6.45) is 3.74. The lowest BCUT2D eigenvalue weighted by Gasteiger charge is -2.29. The molecule has 1 aromatic heterocycles. The summed E-state index contributed by atoms with van der Waals surface area (Å²) < 4.78 is 4.75. The molecule has 1 aliphatic heterocycles. The molecule has 2 heterocycles. The van der Waals surface area contributed by atoms with Gasteiger partial charge in [-0.05, 0) is 32.5 Å². The number of hydrogen-bond donors (Lipinski definition) is 0. The van der Waals surface area contributed by atoms with Crippen LogP contribution in [0, 0.1) is 0 Å². The third-order valence-electron chi connectivity index (χ3n) is 2.78.